The first-order valence-electron chi connectivity index (χ1n) is 8.14. The number of fused-ring (bicyclic) bond motifs is 1. The molecule has 0 N–H and O–H groups in total. The molecule has 4 rings (SSSR count). The van der Waals surface area contributed by atoms with Crippen LogP contribution in [-0.2, 0) is 0 Å². The third kappa shape index (κ3) is 3.01. The topological polar surface area (TPSA) is 19.4 Å². The number of aromatic nitrogens is 1. The summed E-state index contributed by atoms with van der Waals surface area (Å²) in [6.07, 6.45) is 0. The lowest BCUT2D eigenvalue weighted by molar-refractivity contribution is 0.216. The highest BCUT2D eigenvalue weighted by molar-refractivity contribution is 7.18. The molecular weight excluding hydrogens is 321 g/mol. The van der Waals surface area contributed by atoms with Crippen LogP contribution >= 0.6 is 11.3 Å². The Morgan fingerprint density at radius 1 is 1.00 bits per heavy atom. The van der Waals surface area contributed by atoms with Gasteiger partial charge in [0.15, 0.2) is 0 Å². The average Bonchev–Trinajstić information content (AvgIpc) is 3.06. The van der Waals surface area contributed by atoms with Crippen LogP contribution in [0.5, 0.6) is 0 Å². The summed E-state index contributed by atoms with van der Waals surface area (Å²) in [7, 11) is 0. The third-order valence-electron chi connectivity index (χ3n) is 4.54. The van der Waals surface area contributed by atoms with Crippen molar-refractivity contribution in [1.29, 1.82) is 0 Å². The van der Waals surface area contributed by atoms with Gasteiger partial charge in [-0.05, 0) is 43.3 Å². The fraction of sp³-hybridized carbons (Fsp3) is 0.263. The molecule has 0 bridgehead atoms. The van der Waals surface area contributed by atoms with Gasteiger partial charge in [-0.2, -0.15) is 0 Å². The molecule has 1 aliphatic heterocycles. The molecule has 1 aromatic heterocycles. The van der Waals surface area contributed by atoms with Crippen LogP contribution in [0.1, 0.15) is 11.0 Å². The second-order valence-electron chi connectivity index (χ2n) is 6.04. The van der Waals surface area contributed by atoms with Gasteiger partial charge in [0.05, 0.1) is 16.3 Å². The Hall–Kier alpha value is -1.98. The summed E-state index contributed by atoms with van der Waals surface area (Å²) in [4.78, 5) is 9.40. The van der Waals surface area contributed by atoms with Crippen molar-refractivity contribution in [2.45, 2.75) is 6.04 Å². The highest BCUT2D eigenvalue weighted by atomic mass is 32.1. The van der Waals surface area contributed by atoms with Crippen molar-refractivity contribution in [3.63, 3.8) is 0 Å². The zero-order valence-corrected chi connectivity index (χ0v) is 14.2. The Balaban J connectivity index is 1.44. The summed E-state index contributed by atoms with van der Waals surface area (Å²) >= 11 is 1.73. The third-order valence-corrected chi connectivity index (χ3v) is 5.68. The number of piperazine rings is 1. The molecule has 2 aromatic carbocycles. The standard InChI is InChI=1S/C19H19FN3S/c1-14(19-21-17-4-2-3-5-18(17)24-19)22-10-12-23(13-11-22)16-8-6-15(20)7-9-16/h2-9,14H,1,10-13H2. The predicted molar refractivity (Wildman–Crippen MR) is 97.9 cm³/mol. The summed E-state index contributed by atoms with van der Waals surface area (Å²) in [6, 6.07) is 15.0. The number of hydrogen-bond donors (Lipinski definition) is 0. The van der Waals surface area contributed by atoms with E-state index in [1.165, 1.54) is 16.8 Å². The number of anilines is 1. The Morgan fingerprint density at radius 2 is 1.71 bits per heavy atom. The lowest BCUT2D eigenvalue weighted by Gasteiger charge is -2.38. The van der Waals surface area contributed by atoms with Crippen molar-refractivity contribution < 1.29 is 4.39 Å². The van der Waals surface area contributed by atoms with Gasteiger partial charge in [0, 0.05) is 31.9 Å². The number of halogens is 1. The van der Waals surface area contributed by atoms with Crippen molar-refractivity contribution in [2.24, 2.45) is 0 Å². The van der Waals surface area contributed by atoms with Gasteiger partial charge in [-0.1, -0.05) is 12.1 Å². The lowest BCUT2D eigenvalue weighted by Crippen LogP contribution is -2.47. The molecular formula is C19H19FN3S. The fourth-order valence-electron chi connectivity index (χ4n) is 3.13. The van der Waals surface area contributed by atoms with Gasteiger partial charge >= 0.3 is 0 Å². The zero-order valence-electron chi connectivity index (χ0n) is 13.4. The van der Waals surface area contributed by atoms with Crippen molar-refractivity contribution in [1.82, 2.24) is 9.88 Å². The van der Waals surface area contributed by atoms with Crippen molar-refractivity contribution in [2.75, 3.05) is 31.1 Å². The normalized spacial score (nSPS) is 17.3. The maximum Gasteiger partial charge on any atom is 0.123 e. The lowest BCUT2D eigenvalue weighted by atomic mass is 10.2. The van der Waals surface area contributed by atoms with E-state index in [4.69, 9.17) is 4.98 Å². The molecule has 5 heteroatoms. The van der Waals surface area contributed by atoms with Gasteiger partial charge in [-0.25, -0.2) is 9.37 Å². The summed E-state index contributed by atoms with van der Waals surface area (Å²) in [5.41, 5.74) is 2.13. The van der Waals surface area contributed by atoms with Gasteiger partial charge in [0.2, 0.25) is 0 Å². The van der Waals surface area contributed by atoms with Crippen LogP contribution in [-0.4, -0.2) is 36.1 Å². The summed E-state index contributed by atoms with van der Waals surface area (Å²) < 4.78 is 14.3. The highest BCUT2D eigenvalue weighted by Crippen LogP contribution is 2.30. The maximum absolute atomic E-state index is 13.1. The number of rotatable bonds is 3. The van der Waals surface area contributed by atoms with Gasteiger partial charge in [0.25, 0.3) is 0 Å². The molecule has 2 heterocycles. The first kappa shape index (κ1) is 15.5. The van der Waals surface area contributed by atoms with Gasteiger partial charge < -0.3 is 4.90 Å². The van der Waals surface area contributed by atoms with E-state index in [1.807, 2.05) is 24.3 Å². The van der Waals surface area contributed by atoms with Crippen LogP contribution < -0.4 is 4.90 Å². The van der Waals surface area contributed by atoms with E-state index < -0.39 is 0 Å². The predicted octanol–water partition coefficient (Wildman–Crippen LogP) is 4.13. The summed E-state index contributed by atoms with van der Waals surface area (Å²) in [5.74, 6) is -0.189. The van der Waals surface area contributed by atoms with Crippen molar-refractivity contribution >= 4 is 27.2 Å². The van der Waals surface area contributed by atoms with E-state index in [0.29, 0.717) is 0 Å². The molecule has 1 atom stereocenters. The second kappa shape index (κ2) is 6.49. The van der Waals surface area contributed by atoms with Crippen LogP contribution in [0, 0.1) is 12.7 Å². The Morgan fingerprint density at radius 3 is 2.42 bits per heavy atom. The fourth-order valence-corrected chi connectivity index (χ4v) is 4.15. The zero-order chi connectivity index (χ0) is 16.5. The molecule has 1 saturated heterocycles. The van der Waals surface area contributed by atoms with E-state index in [9.17, 15) is 4.39 Å². The minimum absolute atomic E-state index is 0.0813. The van der Waals surface area contributed by atoms with Crippen molar-refractivity contribution in [3.05, 3.63) is 66.3 Å². The molecule has 24 heavy (non-hydrogen) atoms. The Bertz CT molecular complexity index is 789. The quantitative estimate of drug-likeness (QED) is 0.714. The Kier molecular flexibility index (Phi) is 4.21. The molecule has 0 saturated carbocycles. The molecule has 3 aromatic rings. The first-order chi connectivity index (χ1) is 11.7. The number of nitrogens with zero attached hydrogens (tertiary/aromatic N) is 3. The molecule has 1 unspecified atom stereocenters. The monoisotopic (exact) mass is 340 g/mol. The number of benzene rings is 2. The Labute approximate surface area is 145 Å². The molecule has 123 valence electrons. The van der Waals surface area contributed by atoms with Crippen LogP contribution in [0.3, 0.4) is 0 Å². The van der Waals surface area contributed by atoms with E-state index in [0.717, 1.165) is 42.4 Å². The van der Waals surface area contributed by atoms with E-state index in [-0.39, 0.29) is 11.9 Å². The van der Waals surface area contributed by atoms with E-state index in [1.54, 1.807) is 11.3 Å². The number of para-hydroxylation sites is 1. The van der Waals surface area contributed by atoms with Crippen LogP contribution in [0.25, 0.3) is 10.2 Å². The molecule has 1 fully saturated rings. The van der Waals surface area contributed by atoms with Crippen LogP contribution in [0.4, 0.5) is 10.1 Å². The SMILES string of the molecule is [CH2]C(c1nc2ccccc2s1)N1CCN(c2ccc(F)cc2)CC1. The second-order valence-corrected chi connectivity index (χ2v) is 7.10. The highest BCUT2D eigenvalue weighted by Gasteiger charge is 2.24. The molecule has 0 amide bonds. The minimum Gasteiger partial charge on any atom is -0.369 e. The minimum atomic E-state index is -0.189. The molecule has 3 nitrogen and oxygen atoms in total. The molecule has 1 aliphatic rings. The molecule has 0 aliphatic carbocycles. The van der Waals surface area contributed by atoms with E-state index in [2.05, 4.69) is 28.9 Å². The smallest absolute Gasteiger partial charge is 0.123 e. The molecule has 0 spiro atoms. The summed E-state index contributed by atoms with van der Waals surface area (Å²) in [5, 5.41) is 1.08. The maximum atomic E-state index is 13.1. The van der Waals surface area contributed by atoms with Crippen LogP contribution in [0.2, 0.25) is 0 Å². The summed E-state index contributed by atoms with van der Waals surface area (Å²) in [6.45, 7) is 8.04. The largest absolute Gasteiger partial charge is 0.369 e. The van der Waals surface area contributed by atoms with Crippen LogP contribution in [0.15, 0.2) is 48.5 Å². The average molecular weight is 340 g/mol. The van der Waals surface area contributed by atoms with E-state index >= 15 is 0 Å². The van der Waals surface area contributed by atoms with Gasteiger partial charge in [-0.3, -0.25) is 4.90 Å². The number of hydrogen-bond acceptors (Lipinski definition) is 4. The van der Waals surface area contributed by atoms with Gasteiger partial charge in [-0.15, -0.1) is 11.3 Å². The van der Waals surface area contributed by atoms with Crippen molar-refractivity contribution in [3.8, 4) is 0 Å². The number of thiazole rings is 1. The van der Waals surface area contributed by atoms with Gasteiger partial charge in [0.1, 0.15) is 10.8 Å². The first-order valence-corrected chi connectivity index (χ1v) is 8.95. The molecule has 1 radical (unpaired) electrons.